The highest BCUT2D eigenvalue weighted by atomic mass is 32.2. The van der Waals surface area contributed by atoms with Crippen molar-refractivity contribution in [3.63, 3.8) is 0 Å². The number of hydrogen-bond acceptors (Lipinski definition) is 4. The van der Waals surface area contributed by atoms with Gasteiger partial charge in [-0.15, -0.1) is 0 Å². The number of carbonyl (C=O) groups is 1. The zero-order valence-electron chi connectivity index (χ0n) is 13.7. The van der Waals surface area contributed by atoms with Crippen LogP contribution < -0.4 is 10.2 Å². The smallest absolute Gasteiger partial charge is 0.242 e. The zero-order chi connectivity index (χ0) is 17.3. The Morgan fingerprint density at radius 3 is 2.46 bits per heavy atom. The first kappa shape index (κ1) is 16.5. The molecule has 6 heteroatoms. The van der Waals surface area contributed by atoms with Crippen LogP contribution in [-0.2, 0) is 21.1 Å². The normalized spacial score (nSPS) is 15.0. The second-order valence-electron chi connectivity index (χ2n) is 6.04. The van der Waals surface area contributed by atoms with E-state index in [4.69, 9.17) is 0 Å². The Morgan fingerprint density at radius 2 is 1.79 bits per heavy atom. The Bertz CT molecular complexity index is 860. The van der Waals surface area contributed by atoms with E-state index in [-0.39, 0.29) is 0 Å². The number of amides is 1. The maximum Gasteiger partial charge on any atom is 0.242 e. The molecule has 0 fully saturated rings. The molecule has 1 N–H and O–H groups in total. The minimum Gasteiger partial charge on any atom is -0.341 e. The molecule has 0 saturated heterocycles. The summed E-state index contributed by atoms with van der Waals surface area (Å²) in [6.07, 6.45) is 2.08. The summed E-state index contributed by atoms with van der Waals surface area (Å²) in [4.78, 5) is 14.2. The van der Waals surface area contributed by atoms with Crippen LogP contribution >= 0.6 is 0 Å². The fourth-order valence-electron chi connectivity index (χ4n) is 2.77. The summed E-state index contributed by atoms with van der Waals surface area (Å²) in [6, 6.07) is 15.8. The minimum absolute atomic E-state index is 0.517. The second-order valence-corrected chi connectivity index (χ2v) is 8.40. The van der Waals surface area contributed by atoms with Crippen LogP contribution in [0.1, 0.15) is 12.5 Å². The lowest BCUT2D eigenvalue weighted by Crippen LogP contribution is -2.31. The van der Waals surface area contributed by atoms with Crippen molar-refractivity contribution in [2.45, 2.75) is 18.6 Å². The average molecular weight is 344 g/mol. The number of sulfone groups is 1. The molecule has 1 aliphatic heterocycles. The van der Waals surface area contributed by atoms with E-state index >= 15 is 0 Å². The molecule has 1 heterocycles. The van der Waals surface area contributed by atoms with Crippen LogP contribution in [0.3, 0.4) is 0 Å². The Labute approximate surface area is 142 Å². The van der Waals surface area contributed by atoms with E-state index in [1.54, 1.807) is 12.1 Å². The van der Waals surface area contributed by atoms with Crippen molar-refractivity contribution in [3.05, 3.63) is 54.1 Å². The predicted molar refractivity (Wildman–Crippen MR) is 96.5 cm³/mol. The topological polar surface area (TPSA) is 66.5 Å². The standard InChI is InChI=1S/C18H20N2O3S/c1-13(24(2,22)23)18(21)19-15-7-9-16(10-8-15)20-12-11-14-5-3-4-6-17(14)20/h3-10,13H,11-12H2,1-2H3,(H,19,21)/t13-/m1/s1. The first-order valence-corrected chi connectivity index (χ1v) is 9.77. The molecule has 0 spiro atoms. The molecule has 2 aromatic rings. The lowest BCUT2D eigenvalue weighted by Gasteiger charge is -2.20. The van der Waals surface area contributed by atoms with E-state index in [0.29, 0.717) is 5.69 Å². The number of benzene rings is 2. The van der Waals surface area contributed by atoms with Crippen molar-refractivity contribution in [1.82, 2.24) is 0 Å². The van der Waals surface area contributed by atoms with Crippen LogP contribution in [0.15, 0.2) is 48.5 Å². The molecule has 0 radical (unpaired) electrons. The Hall–Kier alpha value is -2.34. The van der Waals surface area contributed by atoms with Crippen molar-refractivity contribution in [1.29, 1.82) is 0 Å². The third-order valence-corrected chi connectivity index (χ3v) is 5.84. The van der Waals surface area contributed by atoms with Gasteiger partial charge < -0.3 is 10.2 Å². The quantitative estimate of drug-likeness (QED) is 0.926. The van der Waals surface area contributed by atoms with Gasteiger partial charge in [0.1, 0.15) is 5.25 Å². The molecule has 1 amide bonds. The Balaban J connectivity index is 1.74. The molecule has 0 unspecified atom stereocenters. The van der Waals surface area contributed by atoms with E-state index in [9.17, 15) is 13.2 Å². The predicted octanol–water partition coefficient (Wildman–Crippen LogP) is 2.75. The Kier molecular flexibility index (Phi) is 4.32. The molecule has 0 aromatic heterocycles. The SMILES string of the molecule is C[C@H](C(=O)Nc1ccc(N2CCc3ccccc32)cc1)S(C)(=O)=O. The van der Waals surface area contributed by atoms with Crippen molar-refractivity contribution < 1.29 is 13.2 Å². The lowest BCUT2D eigenvalue weighted by atomic mass is 10.2. The Morgan fingerprint density at radius 1 is 1.12 bits per heavy atom. The molecule has 0 bridgehead atoms. The summed E-state index contributed by atoms with van der Waals surface area (Å²) in [6.45, 7) is 2.32. The molecule has 1 aliphatic rings. The molecule has 2 aromatic carbocycles. The number of nitrogens with one attached hydrogen (secondary N) is 1. The zero-order valence-corrected chi connectivity index (χ0v) is 14.5. The average Bonchev–Trinajstić information content (AvgIpc) is 2.98. The number of para-hydroxylation sites is 1. The number of fused-ring (bicyclic) bond motifs is 1. The molecule has 5 nitrogen and oxygen atoms in total. The minimum atomic E-state index is -3.40. The fourth-order valence-corrected chi connectivity index (χ4v) is 3.22. The highest BCUT2D eigenvalue weighted by Gasteiger charge is 2.24. The van der Waals surface area contributed by atoms with Gasteiger partial charge in [-0.05, 0) is 49.2 Å². The van der Waals surface area contributed by atoms with Crippen LogP contribution in [0.2, 0.25) is 0 Å². The summed E-state index contributed by atoms with van der Waals surface area (Å²) in [7, 11) is -3.40. The third-order valence-electron chi connectivity index (χ3n) is 4.35. The summed E-state index contributed by atoms with van der Waals surface area (Å²) >= 11 is 0. The fraction of sp³-hybridized carbons (Fsp3) is 0.278. The van der Waals surface area contributed by atoms with Crippen LogP contribution in [0, 0.1) is 0 Å². The lowest BCUT2D eigenvalue weighted by molar-refractivity contribution is -0.115. The number of carbonyl (C=O) groups excluding carboxylic acids is 1. The van der Waals surface area contributed by atoms with Crippen LogP contribution in [-0.4, -0.2) is 32.4 Å². The largest absolute Gasteiger partial charge is 0.341 e. The highest BCUT2D eigenvalue weighted by Crippen LogP contribution is 2.34. The summed E-state index contributed by atoms with van der Waals surface area (Å²) < 4.78 is 22.9. The van der Waals surface area contributed by atoms with Gasteiger partial charge in [0.25, 0.3) is 0 Å². The number of rotatable bonds is 4. The van der Waals surface area contributed by atoms with Gasteiger partial charge in [-0.25, -0.2) is 8.42 Å². The molecule has 24 heavy (non-hydrogen) atoms. The number of hydrogen-bond donors (Lipinski definition) is 1. The van der Waals surface area contributed by atoms with E-state index in [1.807, 2.05) is 24.3 Å². The van der Waals surface area contributed by atoms with Gasteiger partial charge in [-0.2, -0.15) is 0 Å². The molecule has 0 saturated carbocycles. The summed E-state index contributed by atoms with van der Waals surface area (Å²) in [5.41, 5.74) is 4.18. The molecular weight excluding hydrogens is 324 g/mol. The maximum absolute atomic E-state index is 12.0. The molecule has 3 rings (SSSR count). The van der Waals surface area contributed by atoms with Gasteiger partial charge in [0, 0.05) is 29.9 Å². The third kappa shape index (κ3) is 3.28. The van der Waals surface area contributed by atoms with E-state index < -0.39 is 21.0 Å². The van der Waals surface area contributed by atoms with Gasteiger partial charge >= 0.3 is 0 Å². The van der Waals surface area contributed by atoms with E-state index in [2.05, 4.69) is 22.3 Å². The molecule has 1 atom stereocenters. The first-order valence-electron chi connectivity index (χ1n) is 7.81. The molecule has 126 valence electrons. The first-order chi connectivity index (χ1) is 11.4. The van der Waals surface area contributed by atoms with Crippen molar-refractivity contribution in [2.24, 2.45) is 0 Å². The van der Waals surface area contributed by atoms with Gasteiger partial charge in [0.2, 0.25) is 5.91 Å². The number of anilines is 3. The van der Waals surface area contributed by atoms with E-state index in [0.717, 1.165) is 24.9 Å². The number of nitrogens with zero attached hydrogens (tertiary/aromatic N) is 1. The second kappa shape index (κ2) is 6.28. The van der Waals surface area contributed by atoms with Crippen molar-refractivity contribution in [3.8, 4) is 0 Å². The van der Waals surface area contributed by atoms with Gasteiger partial charge in [-0.1, -0.05) is 18.2 Å². The molecular formula is C18H20N2O3S. The van der Waals surface area contributed by atoms with E-state index in [1.165, 1.54) is 18.2 Å². The molecule has 0 aliphatic carbocycles. The highest BCUT2D eigenvalue weighted by molar-refractivity contribution is 7.92. The van der Waals surface area contributed by atoms with Gasteiger partial charge in [0.15, 0.2) is 9.84 Å². The maximum atomic E-state index is 12.0. The van der Waals surface area contributed by atoms with Gasteiger partial charge in [0.05, 0.1) is 0 Å². The van der Waals surface area contributed by atoms with Crippen molar-refractivity contribution in [2.75, 3.05) is 23.0 Å². The summed E-state index contributed by atoms with van der Waals surface area (Å²) in [5, 5.41) is 1.58. The van der Waals surface area contributed by atoms with Crippen LogP contribution in [0.4, 0.5) is 17.1 Å². The summed E-state index contributed by atoms with van der Waals surface area (Å²) in [5.74, 6) is -0.517. The van der Waals surface area contributed by atoms with Crippen LogP contribution in [0.25, 0.3) is 0 Å². The van der Waals surface area contributed by atoms with Crippen molar-refractivity contribution >= 4 is 32.8 Å². The monoisotopic (exact) mass is 344 g/mol. The van der Waals surface area contributed by atoms with Crippen LogP contribution in [0.5, 0.6) is 0 Å². The van der Waals surface area contributed by atoms with Gasteiger partial charge in [-0.3, -0.25) is 4.79 Å².